The lowest BCUT2D eigenvalue weighted by molar-refractivity contribution is 0.0948. The van der Waals surface area contributed by atoms with Crippen LogP contribution in [0.2, 0.25) is 15.1 Å². The van der Waals surface area contributed by atoms with Crippen LogP contribution in [0.1, 0.15) is 21.7 Å². The van der Waals surface area contributed by atoms with E-state index in [1.165, 1.54) is 6.21 Å². The molecule has 2 heterocycles. The van der Waals surface area contributed by atoms with Gasteiger partial charge < -0.3 is 0 Å². The third kappa shape index (κ3) is 3.24. The molecule has 0 saturated carbocycles. The van der Waals surface area contributed by atoms with Crippen LogP contribution in [0.4, 0.5) is 0 Å². The Morgan fingerprint density at radius 3 is 2.62 bits per heavy atom. The first-order valence-electron chi connectivity index (χ1n) is 6.89. The van der Waals surface area contributed by atoms with Gasteiger partial charge in [0.25, 0.3) is 5.91 Å². The molecule has 2 aromatic heterocycles. The number of hydrogen-bond acceptors (Lipinski definition) is 3. The molecule has 0 fully saturated rings. The van der Waals surface area contributed by atoms with Crippen LogP contribution in [-0.4, -0.2) is 21.5 Å². The van der Waals surface area contributed by atoms with Gasteiger partial charge in [-0.15, -0.1) is 0 Å². The number of hydrazone groups is 1. The Morgan fingerprint density at radius 2 is 1.92 bits per heavy atom. The molecule has 0 unspecified atom stereocenters. The highest BCUT2D eigenvalue weighted by Gasteiger charge is 2.16. The largest absolute Gasteiger partial charge is 0.294 e. The molecule has 0 saturated heterocycles. The summed E-state index contributed by atoms with van der Waals surface area (Å²) in [6.07, 6.45) is 3.02. The number of pyridine rings is 1. The molecule has 3 aromatic rings. The van der Waals surface area contributed by atoms with Gasteiger partial charge >= 0.3 is 0 Å². The van der Waals surface area contributed by atoms with Crippen LogP contribution in [0.25, 0.3) is 5.65 Å². The van der Waals surface area contributed by atoms with Crippen molar-refractivity contribution in [2.75, 3.05) is 0 Å². The first kappa shape index (κ1) is 16.8. The molecule has 24 heavy (non-hydrogen) atoms. The Labute approximate surface area is 152 Å². The van der Waals surface area contributed by atoms with Gasteiger partial charge in [-0.05, 0) is 31.2 Å². The minimum atomic E-state index is -0.415. The molecule has 0 aliphatic carbocycles. The van der Waals surface area contributed by atoms with Gasteiger partial charge in [0.05, 0.1) is 27.0 Å². The van der Waals surface area contributed by atoms with Gasteiger partial charge in [0.15, 0.2) is 0 Å². The first-order valence-corrected chi connectivity index (χ1v) is 8.02. The lowest BCUT2D eigenvalue weighted by atomic mass is 10.2. The van der Waals surface area contributed by atoms with E-state index >= 15 is 0 Å². The standard InChI is InChI=1S/C16H11Cl3N4O/c1-9-15(23-8-10(17)5-6-14(23)21-9)16(24)22-20-7-11-12(18)3-2-4-13(11)19/h2-8H,1H3,(H,22,24). The molecule has 0 spiro atoms. The highest BCUT2D eigenvalue weighted by molar-refractivity contribution is 6.38. The molecule has 122 valence electrons. The lowest BCUT2D eigenvalue weighted by Gasteiger charge is -2.03. The van der Waals surface area contributed by atoms with E-state index in [0.29, 0.717) is 37.7 Å². The van der Waals surface area contributed by atoms with E-state index in [2.05, 4.69) is 15.5 Å². The van der Waals surface area contributed by atoms with Crippen molar-refractivity contribution in [1.29, 1.82) is 0 Å². The van der Waals surface area contributed by atoms with E-state index in [1.54, 1.807) is 47.9 Å². The third-order valence-corrected chi connectivity index (χ3v) is 4.21. The van der Waals surface area contributed by atoms with Crippen LogP contribution in [-0.2, 0) is 0 Å². The maximum absolute atomic E-state index is 12.4. The van der Waals surface area contributed by atoms with Crippen molar-refractivity contribution in [1.82, 2.24) is 14.8 Å². The topological polar surface area (TPSA) is 58.8 Å². The number of imidazole rings is 1. The molecular formula is C16H11Cl3N4O. The molecule has 1 N–H and O–H groups in total. The number of nitrogens with one attached hydrogen (secondary N) is 1. The maximum Gasteiger partial charge on any atom is 0.290 e. The van der Waals surface area contributed by atoms with E-state index in [4.69, 9.17) is 34.8 Å². The van der Waals surface area contributed by atoms with Crippen molar-refractivity contribution < 1.29 is 4.79 Å². The Kier molecular flexibility index (Phi) is 4.76. The predicted octanol–water partition coefficient (Wildman–Crippen LogP) is 4.37. The number of amides is 1. The van der Waals surface area contributed by atoms with Crippen LogP contribution in [0.15, 0.2) is 41.6 Å². The number of nitrogens with zero attached hydrogens (tertiary/aromatic N) is 3. The third-order valence-electron chi connectivity index (χ3n) is 3.33. The Hall–Kier alpha value is -2.08. The zero-order valence-corrected chi connectivity index (χ0v) is 14.7. The monoisotopic (exact) mass is 380 g/mol. The average molecular weight is 382 g/mol. The van der Waals surface area contributed by atoms with E-state index in [0.717, 1.165) is 0 Å². The van der Waals surface area contributed by atoms with Crippen LogP contribution in [0, 0.1) is 6.92 Å². The van der Waals surface area contributed by atoms with Gasteiger partial charge in [-0.25, -0.2) is 10.4 Å². The van der Waals surface area contributed by atoms with Gasteiger partial charge in [0.2, 0.25) is 0 Å². The second-order valence-electron chi connectivity index (χ2n) is 4.96. The number of carbonyl (C=O) groups excluding carboxylic acids is 1. The molecule has 0 radical (unpaired) electrons. The molecule has 1 amide bonds. The van der Waals surface area contributed by atoms with Gasteiger partial charge in [0, 0.05) is 11.8 Å². The maximum atomic E-state index is 12.4. The number of fused-ring (bicyclic) bond motifs is 1. The average Bonchev–Trinajstić information content (AvgIpc) is 2.85. The fraction of sp³-hybridized carbons (Fsp3) is 0.0625. The summed E-state index contributed by atoms with van der Waals surface area (Å²) in [5.41, 5.74) is 4.53. The summed E-state index contributed by atoms with van der Waals surface area (Å²) >= 11 is 18.1. The van der Waals surface area contributed by atoms with Crippen LogP contribution in [0.3, 0.4) is 0 Å². The summed E-state index contributed by atoms with van der Waals surface area (Å²) in [5, 5.41) is 5.31. The second kappa shape index (κ2) is 6.81. The van der Waals surface area contributed by atoms with Gasteiger partial charge in [-0.2, -0.15) is 5.10 Å². The van der Waals surface area contributed by atoms with Crippen molar-refractivity contribution in [3.05, 3.63) is 68.5 Å². The number of aryl methyl sites for hydroxylation is 1. The SMILES string of the molecule is Cc1nc2ccc(Cl)cn2c1C(=O)NN=Cc1c(Cl)cccc1Cl. The lowest BCUT2D eigenvalue weighted by Crippen LogP contribution is -2.20. The van der Waals surface area contributed by atoms with Crippen LogP contribution < -0.4 is 5.43 Å². The summed E-state index contributed by atoms with van der Waals surface area (Å²) in [6, 6.07) is 8.55. The van der Waals surface area contributed by atoms with Crippen molar-refractivity contribution in [2.24, 2.45) is 5.10 Å². The molecule has 1 aromatic carbocycles. The number of rotatable bonds is 3. The Bertz CT molecular complexity index is 945. The predicted molar refractivity (Wildman–Crippen MR) is 96.5 cm³/mol. The quantitative estimate of drug-likeness (QED) is 0.541. The zero-order chi connectivity index (χ0) is 17.3. The number of aromatic nitrogens is 2. The highest BCUT2D eigenvalue weighted by Crippen LogP contribution is 2.22. The molecule has 0 atom stereocenters. The minimum Gasteiger partial charge on any atom is -0.294 e. The summed E-state index contributed by atoms with van der Waals surface area (Å²) < 4.78 is 1.62. The number of benzene rings is 1. The van der Waals surface area contributed by atoms with Gasteiger partial charge in [0.1, 0.15) is 11.3 Å². The van der Waals surface area contributed by atoms with Gasteiger partial charge in [-0.3, -0.25) is 9.20 Å². The Balaban J connectivity index is 1.87. The van der Waals surface area contributed by atoms with Crippen molar-refractivity contribution in [3.63, 3.8) is 0 Å². The summed E-state index contributed by atoms with van der Waals surface area (Å²) in [4.78, 5) is 16.7. The van der Waals surface area contributed by atoms with Crippen molar-refractivity contribution >= 4 is 52.6 Å². The fourth-order valence-electron chi connectivity index (χ4n) is 2.25. The molecule has 0 aliphatic rings. The molecule has 8 heteroatoms. The van der Waals surface area contributed by atoms with Crippen molar-refractivity contribution in [2.45, 2.75) is 6.92 Å². The second-order valence-corrected chi connectivity index (χ2v) is 6.21. The van der Waals surface area contributed by atoms with E-state index in [1.807, 2.05) is 0 Å². The fourth-order valence-corrected chi connectivity index (χ4v) is 2.91. The summed E-state index contributed by atoms with van der Waals surface area (Å²) in [5.74, 6) is -0.415. The molecule has 0 bridgehead atoms. The van der Waals surface area contributed by atoms with Crippen LogP contribution >= 0.6 is 34.8 Å². The molecule has 0 aliphatic heterocycles. The Morgan fingerprint density at radius 1 is 1.21 bits per heavy atom. The van der Waals surface area contributed by atoms with Crippen LogP contribution in [0.5, 0.6) is 0 Å². The summed E-state index contributed by atoms with van der Waals surface area (Å²) in [7, 11) is 0. The van der Waals surface area contributed by atoms with E-state index in [-0.39, 0.29) is 0 Å². The van der Waals surface area contributed by atoms with Gasteiger partial charge in [-0.1, -0.05) is 40.9 Å². The molecular weight excluding hydrogens is 371 g/mol. The molecule has 3 rings (SSSR count). The normalized spacial score (nSPS) is 11.3. The van der Waals surface area contributed by atoms with E-state index in [9.17, 15) is 4.79 Å². The summed E-state index contributed by atoms with van der Waals surface area (Å²) in [6.45, 7) is 1.74. The van der Waals surface area contributed by atoms with E-state index < -0.39 is 5.91 Å². The van der Waals surface area contributed by atoms with Crippen molar-refractivity contribution in [3.8, 4) is 0 Å². The minimum absolute atomic E-state index is 0.356. The number of halogens is 3. The number of hydrogen-bond donors (Lipinski definition) is 1. The molecule has 5 nitrogen and oxygen atoms in total. The zero-order valence-electron chi connectivity index (χ0n) is 12.4. The highest BCUT2D eigenvalue weighted by atomic mass is 35.5. The first-order chi connectivity index (χ1) is 11.5. The smallest absolute Gasteiger partial charge is 0.290 e. The number of carbonyl (C=O) groups is 1.